The van der Waals surface area contributed by atoms with E-state index in [1.165, 1.54) is 6.20 Å². The first-order chi connectivity index (χ1) is 51.7. The second-order valence-electron chi connectivity index (χ2n) is 28.8. The molecular formula is C79H104N10O18S. The van der Waals surface area contributed by atoms with Crippen LogP contribution < -0.4 is 60.2 Å². The molecule has 5 aliphatic heterocycles. The monoisotopic (exact) mass is 1510 g/mol. The van der Waals surface area contributed by atoms with E-state index in [0.29, 0.717) is 88.5 Å². The SMILES string of the molecule is CC(C)(C)OC(=O)NC1CCN(CCOS(C)(=O)=O)CC1.COc1ccc2c(c1)CC(=O)C=C2.COc1ccc2ccc(=O)n(CCN3CCC(NC(=O)OC(C)(C)C)CC3)c2c1.COc1ccc2ccc(=O)n(CCN3CCC(NCc4cc5c(cn4)OCCO5)CC3)c2c1.O=Cc1cc2c(cn1)OCCO2. The number of amides is 2. The number of carbonyl (C=O) groups is 4. The third-order valence-corrected chi connectivity index (χ3v) is 19.0. The molecule has 0 bridgehead atoms. The molecule has 584 valence electrons. The Bertz CT molecular complexity index is 4440. The largest absolute Gasteiger partial charge is 0.497 e. The number of ketones is 1. The van der Waals surface area contributed by atoms with E-state index >= 15 is 0 Å². The van der Waals surface area contributed by atoms with Gasteiger partial charge in [-0.1, -0.05) is 12.1 Å². The average molecular weight is 1510 g/mol. The number of benzene rings is 3. The number of fused-ring (bicyclic) bond motifs is 5. The highest BCUT2D eigenvalue weighted by atomic mass is 32.2. The number of ether oxygens (including phenoxy) is 9. The van der Waals surface area contributed by atoms with Crippen molar-refractivity contribution in [2.75, 3.05) is 120 Å². The molecule has 28 nitrogen and oxygen atoms in total. The van der Waals surface area contributed by atoms with Crippen molar-refractivity contribution in [3.05, 3.63) is 153 Å². The summed E-state index contributed by atoms with van der Waals surface area (Å²) in [7, 11) is 1.53. The lowest BCUT2D eigenvalue weighted by atomic mass is 9.96. The predicted molar refractivity (Wildman–Crippen MR) is 411 cm³/mol. The molecule has 3 fully saturated rings. The molecule has 4 aromatic heterocycles. The fourth-order valence-corrected chi connectivity index (χ4v) is 13.2. The van der Waals surface area contributed by atoms with Crippen LogP contribution in [0.3, 0.4) is 0 Å². The highest BCUT2D eigenvalue weighted by Crippen LogP contribution is 2.31. The normalized spacial score (nSPS) is 16.3. The third-order valence-electron chi connectivity index (χ3n) is 18.4. The Hall–Kier alpha value is -9.65. The first-order valence-corrected chi connectivity index (χ1v) is 38.4. The van der Waals surface area contributed by atoms with Crippen molar-refractivity contribution in [3.63, 3.8) is 0 Å². The predicted octanol–water partition coefficient (Wildman–Crippen LogP) is 8.88. The topological polar surface area (TPSA) is 310 Å². The highest BCUT2D eigenvalue weighted by molar-refractivity contribution is 7.86. The number of likely N-dealkylation sites (tertiary alicyclic amines) is 3. The van der Waals surface area contributed by atoms with Crippen LogP contribution in [0.2, 0.25) is 0 Å². The van der Waals surface area contributed by atoms with Crippen LogP contribution >= 0.6 is 0 Å². The lowest BCUT2D eigenvalue weighted by molar-refractivity contribution is -0.114. The summed E-state index contributed by atoms with van der Waals surface area (Å²) in [5.74, 6) is 5.17. The van der Waals surface area contributed by atoms with Gasteiger partial charge in [-0.3, -0.25) is 28.3 Å². The van der Waals surface area contributed by atoms with Gasteiger partial charge < -0.3 is 82.4 Å². The summed E-state index contributed by atoms with van der Waals surface area (Å²) >= 11 is 0. The van der Waals surface area contributed by atoms with Gasteiger partial charge in [-0.15, -0.1) is 0 Å². The van der Waals surface area contributed by atoms with Crippen LogP contribution in [0, 0.1) is 0 Å². The molecule has 7 aromatic rings. The number of hydrogen-bond donors (Lipinski definition) is 3. The summed E-state index contributed by atoms with van der Waals surface area (Å²) in [6.45, 7) is 23.1. The van der Waals surface area contributed by atoms with Crippen LogP contribution in [0.15, 0.2) is 119 Å². The van der Waals surface area contributed by atoms with Crippen LogP contribution in [-0.4, -0.2) is 215 Å². The van der Waals surface area contributed by atoms with Gasteiger partial charge in [0.1, 0.15) is 60.6 Å². The van der Waals surface area contributed by atoms with E-state index in [0.717, 1.165) is 165 Å². The fourth-order valence-electron chi connectivity index (χ4n) is 12.8. The Balaban J connectivity index is 0.000000164. The van der Waals surface area contributed by atoms with Crippen LogP contribution in [0.4, 0.5) is 9.59 Å². The maximum Gasteiger partial charge on any atom is 0.407 e. The maximum atomic E-state index is 12.5. The molecule has 0 radical (unpaired) electrons. The van der Waals surface area contributed by atoms with Crippen molar-refractivity contribution in [3.8, 4) is 40.2 Å². The zero-order valence-corrected chi connectivity index (χ0v) is 64.5. The van der Waals surface area contributed by atoms with Gasteiger partial charge in [0.05, 0.1) is 63.3 Å². The molecule has 0 unspecified atom stereocenters. The zero-order valence-electron chi connectivity index (χ0n) is 63.6. The molecule has 3 aromatic carbocycles. The van der Waals surface area contributed by atoms with Gasteiger partial charge in [0.2, 0.25) is 0 Å². The van der Waals surface area contributed by atoms with E-state index in [4.69, 9.17) is 46.8 Å². The van der Waals surface area contributed by atoms with E-state index in [9.17, 15) is 37.2 Å². The highest BCUT2D eigenvalue weighted by Gasteiger charge is 2.27. The lowest BCUT2D eigenvalue weighted by Gasteiger charge is -2.33. The molecule has 6 aliphatic rings. The molecule has 0 saturated carbocycles. The molecule has 3 N–H and O–H groups in total. The minimum Gasteiger partial charge on any atom is -0.497 e. The molecular weight excluding hydrogens is 1410 g/mol. The van der Waals surface area contributed by atoms with Crippen LogP contribution in [0.1, 0.15) is 107 Å². The Morgan fingerprint density at radius 3 is 1.44 bits per heavy atom. The molecule has 3 saturated heterocycles. The van der Waals surface area contributed by atoms with Crippen molar-refractivity contribution in [1.29, 1.82) is 0 Å². The average Bonchev–Trinajstić information content (AvgIpc) is 0.805. The lowest BCUT2D eigenvalue weighted by Crippen LogP contribution is -2.46. The number of carbonyl (C=O) groups excluding carboxylic acids is 4. The first-order valence-electron chi connectivity index (χ1n) is 36.6. The van der Waals surface area contributed by atoms with Crippen molar-refractivity contribution in [1.82, 2.24) is 49.8 Å². The van der Waals surface area contributed by atoms with Crippen molar-refractivity contribution in [2.45, 2.75) is 135 Å². The molecule has 2 amide bonds. The summed E-state index contributed by atoms with van der Waals surface area (Å²) < 4.78 is 78.1. The smallest absolute Gasteiger partial charge is 0.407 e. The quantitative estimate of drug-likeness (QED) is 0.0502. The van der Waals surface area contributed by atoms with E-state index in [-0.39, 0.29) is 47.8 Å². The van der Waals surface area contributed by atoms with E-state index in [1.54, 1.807) is 51.8 Å². The Kier molecular flexibility index (Phi) is 30.1. The summed E-state index contributed by atoms with van der Waals surface area (Å²) in [6, 6.07) is 28.7. The number of rotatable bonds is 19. The number of alkyl carbamates (subject to hydrolysis) is 2. The van der Waals surface area contributed by atoms with E-state index in [1.807, 2.05) is 130 Å². The minimum atomic E-state index is -3.37. The summed E-state index contributed by atoms with van der Waals surface area (Å²) in [5.41, 5.74) is 4.33. The maximum absolute atomic E-state index is 12.5. The Morgan fingerprint density at radius 1 is 0.537 bits per heavy atom. The van der Waals surface area contributed by atoms with Crippen LogP contribution in [0.5, 0.6) is 40.2 Å². The van der Waals surface area contributed by atoms with Crippen LogP contribution in [0.25, 0.3) is 27.9 Å². The number of hydrogen-bond acceptors (Lipinski definition) is 24. The zero-order chi connectivity index (χ0) is 77.4. The van der Waals surface area contributed by atoms with Gasteiger partial charge in [0, 0.05) is 126 Å². The molecule has 0 atom stereocenters. The number of nitrogens with zero attached hydrogens (tertiary/aromatic N) is 7. The number of piperidine rings is 3. The van der Waals surface area contributed by atoms with Gasteiger partial charge in [0.15, 0.2) is 35.1 Å². The van der Waals surface area contributed by atoms with Gasteiger partial charge in [-0.25, -0.2) is 14.6 Å². The number of aromatic nitrogens is 4. The second kappa shape index (κ2) is 39.5. The standard InChI is InChI=1S/C25H30N4O4.C22H31N3O4.C13H26N2O5S.C11H10O2.C8H7NO3/c1-31-21-4-2-18-3-5-25(30)29(22(18)15-21)11-10-28-8-6-19(7-9-28)26-16-20-14-23-24(17-27-20)33-13-12-32-23;1-22(2,3)29-21(27)23-17-9-11-24(12-10-17)13-14-25-19-15-18(28-4)7-5-16(19)6-8-20(25)26;1-13(2,3)20-12(16)14-11-5-7-15(8-6-11)9-10-19-21(4,17)18;1-13-11-5-3-8-2-4-10(12)6-9(8)7-11;10-5-6-3-7-8(4-9-6)12-2-1-11-7/h2-5,14-15,17,19,26H,6-13,16H2,1H3;5-8,15,17H,9-14H2,1-4H3,(H,23,27);11H,5-10H2,1-4H3,(H,14,16);2-5,7H,6H2,1H3;3-5H,1-2H2. The number of methoxy groups -OCH3 is 3. The van der Waals surface area contributed by atoms with E-state index < -0.39 is 21.3 Å². The van der Waals surface area contributed by atoms with Gasteiger partial charge in [0.25, 0.3) is 21.2 Å². The van der Waals surface area contributed by atoms with Gasteiger partial charge >= 0.3 is 12.2 Å². The second-order valence-corrected chi connectivity index (χ2v) is 30.4. The molecule has 1 aliphatic carbocycles. The Morgan fingerprint density at radius 2 is 0.972 bits per heavy atom. The van der Waals surface area contributed by atoms with Gasteiger partial charge in [-0.2, -0.15) is 8.42 Å². The molecule has 13 rings (SSSR count). The summed E-state index contributed by atoms with van der Waals surface area (Å²) in [5, 5.41) is 11.5. The summed E-state index contributed by atoms with van der Waals surface area (Å²) in [4.78, 5) is 85.2. The number of nitrogens with one attached hydrogen (secondary N) is 3. The van der Waals surface area contributed by atoms with Crippen LogP contribution in [-0.2, 0) is 54.6 Å². The first kappa shape index (κ1) is 82.4. The fraction of sp³-hybridized carbons (Fsp3) is 0.494. The molecule has 108 heavy (non-hydrogen) atoms. The Labute approximate surface area is 631 Å². The van der Waals surface area contributed by atoms with E-state index in [2.05, 4.69) is 40.6 Å². The van der Waals surface area contributed by atoms with Crippen molar-refractivity contribution >= 4 is 62.3 Å². The molecule has 29 heteroatoms. The number of aldehydes is 1. The number of allylic oxidation sites excluding steroid dienone is 1. The number of pyridine rings is 4. The summed E-state index contributed by atoms with van der Waals surface area (Å²) in [6.07, 6.45) is 13.7. The van der Waals surface area contributed by atoms with Crippen molar-refractivity contribution < 1.29 is 74.4 Å². The molecule has 9 heterocycles. The minimum absolute atomic E-state index is 0.00719. The third kappa shape index (κ3) is 26.3. The molecule has 0 spiro atoms. The van der Waals surface area contributed by atoms with Gasteiger partial charge in [-0.05, 0) is 170 Å². The van der Waals surface area contributed by atoms with Crippen molar-refractivity contribution in [2.24, 2.45) is 0 Å².